The maximum atomic E-state index is 12.8. The number of rotatable bonds is 4. The fourth-order valence-corrected chi connectivity index (χ4v) is 3.17. The normalized spacial score (nSPS) is 21.2. The molecule has 0 radical (unpaired) electrons. The molecule has 0 N–H and O–H groups in total. The zero-order valence-electron chi connectivity index (χ0n) is 13.8. The third-order valence-corrected chi connectivity index (χ3v) is 4.88. The van der Waals surface area contributed by atoms with Crippen LogP contribution in [0.2, 0.25) is 5.02 Å². The van der Waals surface area contributed by atoms with Crippen molar-refractivity contribution in [3.8, 4) is 0 Å². The summed E-state index contributed by atoms with van der Waals surface area (Å²) in [6.07, 6.45) is -0.107. The molecule has 1 aromatic carbocycles. The predicted octanol–water partition coefficient (Wildman–Crippen LogP) is 2.22. The molecule has 124 valence electrons. The van der Waals surface area contributed by atoms with Crippen LogP contribution in [0.4, 0.5) is 0 Å². The molecule has 0 spiro atoms. The molecule has 1 heterocycles. The van der Waals surface area contributed by atoms with E-state index in [1.165, 1.54) is 7.05 Å². The molecule has 1 unspecified atom stereocenters. The van der Waals surface area contributed by atoms with Gasteiger partial charge in [-0.05, 0) is 25.5 Å². The first kappa shape index (κ1) is 17.5. The lowest BCUT2D eigenvalue weighted by Crippen LogP contribution is -2.43. The summed E-state index contributed by atoms with van der Waals surface area (Å²) in [5.41, 5.74) is -0.681. The highest BCUT2D eigenvalue weighted by Gasteiger charge is 2.53. The van der Waals surface area contributed by atoms with Gasteiger partial charge in [0.15, 0.2) is 0 Å². The Morgan fingerprint density at radius 3 is 2.43 bits per heavy atom. The van der Waals surface area contributed by atoms with Crippen molar-refractivity contribution in [1.29, 1.82) is 0 Å². The lowest BCUT2D eigenvalue weighted by atomic mass is 9.75. The van der Waals surface area contributed by atoms with Crippen molar-refractivity contribution in [2.45, 2.75) is 38.1 Å². The fraction of sp³-hybridized carbons (Fsp3) is 0.471. The molecule has 1 saturated heterocycles. The topological polar surface area (TPSA) is 57.7 Å². The quantitative estimate of drug-likeness (QED) is 0.792. The summed E-state index contributed by atoms with van der Waals surface area (Å²) in [4.78, 5) is 40.2. The number of carbonyl (C=O) groups excluding carboxylic acids is 3. The maximum absolute atomic E-state index is 12.8. The van der Waals surface area contributed by atoms with Crippen LogP contribution >= 0.6 is 11.6 Å². The molecule has 3 amide bonds. The van der Waals surface area contributed by atoms with Gasteiger partial charge in [0.1, 0.15) is 0 Å². The summed E-state index contributed by atoms with van der Waals surface area (Å²) < 4.78 is 0. The Morgan fingerprint density at radius 1 is 1.35 bits per heavy atom. The van der Waals surface area contributed by atoms with Crippen LogP contribution < -0.4 is 0 Å². The van der Waals surface area contributed by atoms with Crippen molar-refractivity contribution in [2.75, 3.05) is 14.1 Å². The highest BCUT2D eigenvalue weighted by Crippen LogP contribution is 2.42. The molecular weight excluding hydrogens is 316 g/mol. The Hall–Kier alpha value is -1.88. The van der Waals surface area contributed by atoms with Gasteiger partial charge in [0.25, 0.3) is 0 Å². The Balaban J connectivity index is 2.50. The monoisotopic (exact) mass is 336 g/mol. The Labute approximate surface area is 141 Å². The molecular formula is C17H21ClN2O3. The van der Waals surface area contributed by atoms with E-state index in [-0.39, 0.29) is 36.6 Å². The van der Waals surface area contributed by atoms with E-state index in [4.69, 9.17) is 11.6 Å². The number of carbonyl (C=O) groups is 3. The number of likely N-dealkylation sites (tertiary alicyclic amines) is 1. The van der Waals surface area contributed by atoms with Crippen molar-refractivity contribution in [3.63, 3.8) is 0 Å². The second-order valence-corrected chi connectivity index (χ2v) is 6.68. The number of likely N-dealkylation sites (N-methyl/N-ethyl adjacent to an activating group) is 1. The highest BCUT2D eigenvalue weighted by atomic mass is 35.5. The maximum Gasteiger partial charge on any atom is 0.240 e. The number of hydrogen-bond acceptors (Lipinski definition) is 3. The van der Waals surface area contributed by atoms with E-state index in [9.17, 15) is 14.4 Å². The van der Waals surface area contributed by atoms with Crippen LogP contribution in [0.15, 0.2) is 24.3 Å². The number of nitrogens with zero attached hydrogens (tertiary/aromatic N) is 2. The minimum absolute atomic E-state index is 0.00994. The van der Waals surface area contributed by atoms with Gasteiger partial charge in [-0.1, -0.05) is 29.8 Å². The molecule has 1 aliphatic heterocycles. The Bertz CT molecular complexity index is 659. The van der Waals surface area contributed by atoms with Gasteiger partial charge in [0.05, 0.1) is 5.41 Å². The molecule has 6 heteroatoms. The molecule has 0 aliphatic carbocycles. The molecule has 23 heavy (non-hydrogen) atoms. The minimum Gasteiger partial charge on any atom is -0.343 e. The lowest BCUT2D eigenvalue weighted by molar-refractivity contribution is -0.141. The van der Waals surface area contributed by atoms with Crippen LogP contribution in [-0.4, -0.2) is 47.7 Å². The number of amides is 3. The smallest absolute Gasteiger partial charge is 0.240 e. The molecule has 0 aromatic heterocycles. The fourth-order valence-electron chi connectivity index (χ4n) is 2.85. The SMILES string of the molecule is CC(C)N(C)C(=O)CC1(c2ccccc2Cl)CC(=O)N(C)C1=O. The summed E-state index contributed by atoms with van der Waals surface area (Å²) in [6.45, 7) is 3.79. The summed E-state index contributed by atoms with van der Waals surface area (Å²) >= 11 is 6.27. The van der Waals surface area contributed by atoms with Crippen molar-refractivity contribution in [1.82, 2.24) is 9.80 Å². The molecule has 1 atom stereocenters. The number of benzene rings is 1. The summed E-state index contributed by atoms with van der Waals surface area (Å²) in [5, 5.41) is 0.393. The molecule has 1 aromatic rings. The predicted molar refractivity (Wildman–Crippen MR) is 88.0 cm³/mol. The van der Waals surface area contributed by atoms with E-state index in [0.29, 0.717) is 10.6 Å². The first-order chi connectivity index (χ1) is 10.7. The van der Waals surface area contributed by atoms with E-state index in [1.54, 1.807) is 36.2 Å². The third kappa shape index (κ3) is 2.98. The van der Waals surface area contributed by atoms with Crippen LogP contribution in [0.5, 0.6) is 0 Å². The summed E-state index contributed by atoms with van der Waals surface area (Å²) in [5.74, 6) is -0.854. The van der Waals surface area contributed by atoms with Gasteiger partial charge < -0.3 is 4.90 Å². The highest BCUT2D eigenvalue weighted by molar-refractivity contribution is 6.32. The van der Waals surface area contributed by atoms with Gasteiger partial charge in [0.2, 0.25) is 17.7 Å². The number of halogens is 1. The second kappa shape index (κ2) is 6.32. The molecule has 5 nitrogen and oxygen atoms in total. The summed E-state index contributed by atoms with van der Waals surface area (Å²) in [7, 11) is 3.14. The van der Waals surface area contributed by atoms with E-state index in [1.807, 2.05) is 13.8 Å². The van der Waals surface area contributed by atoms with Gasteiger partial charge in [-0.3, -0.25) is 19.3 Å². The summed E-state index contributed by atoms with van der Waals surface area (Å²) in [6, 6.07) is 6.92. The van der Waals surface area contributed by atoms with Gasteiger partial charge in [0, 0.05) is 38.0 Å². The van der Waals surface area contributed by atoms with E-state index in [0.717, 1.165) is 4.90 Å². The molecule has 2 rings (SSSR count). The Morgan fingerprint density at radius 2 is 1.96 bits per heavy atom. The van der Waals surface area contributed by atoms with Crippen LogP contribution in [0.3, 0.4) is 0 Å². The number of hydrogen-bond donors (Lipinski definition) is 0. The van der Waals surface area contributed by atoms with Crippen LogP contribution in [0.1, 0.15) is 32.3 Å². The average Bonchev–Trinajstić information content (AvgIpc) is 2.71. The van der Waals surface area contributed by atoms with Crippen molar-refractivity contribution < 1.29 is 14.4 Å². The first-order valence-corrected chi connectivity index (χ1v) is 7.90. The molecule has 0 saturated carbocycles. The van der Waals surface area contributed by atoms with E-state index >= 15 is 0 Å². The lowest BCUT2D eigenvalue weighted by Gasteiger charge is -2.30. The minimum atomic E-state index is -1.22. The van der Waals surface area contributed by atoms with Crippen molar-refractivity contribution in [3.05, 3.63) is 34.9 Å². The second-order valence-electron chi connectivity index (χ2n) is 6.27. The van der Waals surface area contributed by atoms with Crippen LogP contribution in [0, 0.1) is 0 Å². The zero-order valence-corrected chi connectivity index (χ0v) is 14.6. The van der Waals surface area contributed by atoms with E-state index < -0.39 is 5.41 Å². The van der Waals surface area contributed by atoms with E-state index in [2.05, 4.69) is 0 Å². The van der Waals surface area contributed by atoms with Crippen molar-refractivity contribution >= 4 is 29.3 Å². The van der Waals surface area contributed by atoms with Gasteiger partial charge in [-0.15, -0.1) is 0 Å². The van der Waals surface area contributed by atoms with Crippen molar-refractivity contribution in [2.24, 2.45) is 0 Å². The Kier molecular flexibility index (Phi) is 4.80. The zero-order chi connectivity index (χ0) is 17.4. The molecule has 1 aliphatic rings. The van der Waals surface area contributed by atoms with Gasteiger partial charge in [-0.2, -0.15) is 0 Å². The van der Waals surface area contributed by atoms with Gasteiger partial charge in [-0.25, -0.2) is 0 Å². The largest absolute Gasteiger partial charge is 0.343 e. The van der Waals surface area contributed by atoms with Crippen LogP contribution in [-0.2, 0) is 19.8 Å². The average molecular weight is 337 g/mol. The number of imide groups is 1. The first-order valence-electron chi connectivity index (χ1n) is 7.52. The van der Waals surface area contributed by atoms with Crippen LogP contribution in [0.25, 0.3) is 0 Å². The third-order valence-electron chi connectivity index (χ3n) is 4.55. The molecule has 0 bridgehead atoms. The van der Waals surface area contributed by atoms with Gasteiger partial charge >= 0.3 is 0 Å². The molecule has 1 fully saturated rings. The standard InChI is InChI=1S/C17H21ClN2O3/c1-11(2)19(3)14(21)9-17(10-15(22)20(4)16(17)23)12-7-5-6-8-13(12)18/h5-8,11H,9-10H2,1-4H3.